The first-order valence-corrected chi connectivity index (χ1v) is 5.76. The highest BCUT2D eigenvalue weighted by molar-refractivity contribution is 5.40. The molecule has 0 amide bonds. The Morgan fingerprint density at radius 2 is 2.31 bits per heavy atom. The van der Waals surface area contributed by atoms with Gasteiger partial charge >= 0.3 is 0 Å². The predicted octanol–water partition coefficient (Wildman–Crippen LogP) is 0.267. The van der Waals surface area contributed by atoms with Gasteiger partial charge in [-0.3, -0.25) is 4.79 Å². The maximum atomic E-state index is 11.4. The van der Waals surface area contributed by atoms with Gasteiger partial charge < -0.3 is 15.2 Å². The lowest BCUT2D eigenvalue weighted by Gasteiger charge is -2.38. The van der Waals surface area contributed by atoms with Crippen molar-refractivity contribution < 1.29 is 0 Å². The molecule has 16 heavy (non-hydrogen) atoms. The summed E-state index contributed by atoms with van der Waals surface area (Å²) in [7, 11) is 0. The maximum absolute atomic E-state index is 11.4. The van der Waals surface area contributed by atoms with Crippen molar-refractivity contribution in [2.75, 3.05) is 24.5 Å². The first kappa shape index (κ1) is 11.1. The molecule has 0 spiro atoms. The van der Waals surface area contributed by atoms with Gasteiger partial charge in [0, 0.05) is 25.7 Å². The summed E-state index contributed by atoms with van der Waals surface area (Å²) in [4.78, 5) is 20.7. The zero-order chi connectivity index (χ0) is 11.5. The number of aromatic amines is 1. The van der Waals surface area contributed by atoms with E-state index in [0.29, 0.717) is 11.9 Å². The average Bonchev–Trinajstić information content (AvgIpc) is 2.12. The van der Waals surface area contributed by atoms with Crippen LogP contribution in [-0.2, 0) is 0 Å². The second-order valence-corrected chi connectivity index (χ2v) is 4.19. The van der Waals surface area contributed by atoms with Crippen molar-refractivity contribution in [3.63, 3.8) is 0 Å². The quantitative estimate of drug-likeness (QED) is 0.767. The topological polar surface area (TPSA) is 61.0 Å². The van der Waals surface area contributed by atoms with Gasteiger partial charge in [0.05, 0.1) is 6.04 Å². The molecule has 0 atom stereocenters. The highest BCUT2D eigenvalue weighted by atomic mass is 16.1. The molecule has 2 rings (SSSR count). The van der Waals surface area contributed by atoms with Crippen molar-refractivity contribution in [1.29, 1.82) is 0 Å². The summed E-state index contributed by atoms with van der Waals surface area (Å²) in [6, 6.07) is 2.06. The number of hydrogen-bond donors (Lipinski definition) is 2. The van der Waals surface area contributed by atoms with Crippen LogP contribution in [0.3, 0.4) is 0 Å². The van der Waals surface area contributed by atoms with Crippen LogP contribution in [0, 0.1) is 6.92 Å². The molecular weight excluding hydrogens is 204 g/mol. The monoisotopic (exact) mass is 222 g/mol. The van der Waals surface area contributed by atoms with Gasteiger partial charge in [0.1, 0.15) is 11.6 Å². The van der Waals surface area contributed by atoms with Crippen molar-refractivity contribution in [2.24, 2.45) is 0 Å². The van der Waals surface area contributed by atoms with Gasteiger partial charge in [-0.2, -0.15) is 0 Å². The van der Waals surface area contributed by atoms with E-state index in [4.69, 9.17) is 0 Å². The van der Waals surface area contributed by atoms with Gasteiger partial charge in [-0.25, -0.2) is 4.98 Å². The van der Waals surface area contributed by atoms with Crippen LogP contribution in [0.1, 0.15) is 19.2 Å². The van der Waals surface area contributed by atoms with Gasteiger partial charge in [0.2, 0.25) is 0 Å². The number of nitrogens with zero attached hydrogens (tertiary/aromatic N) is 2. The highest BCUT2D eigenvalue weighted by Crippen LogP contribution is 2.15. The highest BCUT2D eigenvalue weighted by Gasteiger charge is 2.25. The van der Waals surface area contributed by atoms with Crippen molar-refractivity contribution >= 4 is 5.82 Å². The number of H-pyrrole nitrogens is 1. The van der Waals surface area contributed by atoms with Crippen molar-refractivity contribution in [2.45, 2.75) is 26.3 Å². The fourth-order valence-electron chi connectivity index (χ4n) is 1.93. The van der Waals surface area contributed by atoms with E-state index in [2.05, 4.69) is 27.1 Å². The fraction of sp³-hybridized carbons (Fsp3) is 0.636. The maximum Gasteiger partial charge on any atom is 0.252 e. The zero-order valence-electron chi connectivity index (χ0n) is 9.79. The summed E-state index contributed by atoms with van der Waals surface area (Å²) >= 11 is 0. The molecule has 1 saturated heterocycles. The predicted molar refractivity (Wildman–Crippen MR) is 63.9 cm³/mol. The zero-order valence-corrected chi connectivity index (χ0v) is 9.79. The fourth-order valence-corrected chi connectivity index (χ4v) is 1.93. The average molecular weight is 222 g/mol. The van der Waals surface area contributed by atoms with Crippen molar-refractivity contribution in [1.82, 2.24) is 15.3 Å². The van der Waals surface area contributed by atoms with Gasteiger partial charge in [-0.05, 0) is 13.3 Å². The third kappa shape index (κ3) is 2.24. The number of anilines is 1. The minimum Gasteiger partial charge on any atom is -0.351 e. The number of aryl methyl sites for hydroxylation is 1. The lowest BCUT2D eigenvalue weighted by Crippen LogP contribution is -2.58. The van der Waals surface area contributed by atoms with Crippen LogP contribution in [0.25, 0.3) is 0 Å². The SMILES string of the molecule is CCCN(c1cc(=O)[nH]c(C)n1)C1CNC1. The van der Waals surface area contributed by atoms with E-state index in [-0.39, 0.29) is 5.56 Å². The van der Waals surface area contributed by atoms with E-state index < -0.39 is 0 Å². The third-order valence-corrected chi connectivity index (χ3v) is 2.81. The lowest BCUT2D eigenvalue weighted by atomic mass is 10.1. The first-order chi connectivity index (χ1) is 7.70. The summed E-state index contributed by atoms with van der Waals surface area (Å²) in [6.45, 7) is 6.86. The summed E-state index contributed by atoms with van der Waals surface area (Å²) in [6.07, 6.45) is 1.06. The number of aromatic nitrogens is 2. The molecule has 1 aromatic rings. The molecule has 0 aromatic carbocycles. The molecule has 1 aromatic heterocycles. The van der Waals surface area contributed by atoms with Gasteiger partial charge in [-0.15, -0.1) is 0 Å². The molecule has 5 heteroatoms. The minimum absolute atomic E-state index is 0.0733. The summed E-state index contributed by atoms with van der Waals surface area (Å²) < 4.78 is 0. The Morgan fingerprint density at radius 3 is 2.81 bits per heavy atom. The van der Waals surface area contributed by atoms with Crippen LogP contribution < -0.4 is 15.8 Å². The van der Waals surface area contributed by atoms with E-state index in [1.165, 1.54) is 0 Å². The van der Waals surface area contributed by atoms with E-state index >= 15 is 0 Å². The second-order valence-electron chi connectivity index (χ2n) is 4.19. The van der Waals surface area contributed by atoms with Crippen LogP contribution in [0.4, 0.5) is 5.82 Å². The van der Waals surface area contributed by atoms with Crippen LogP contribution in [-0.4, -0.2) is 35.6 Å². The molecule has 1 aliphatic rings. The standard InChI is InChI=1S/C11H18N4O/c1-3-4-15(9-6-12-7-9)10-5-11(16)14-8(2)13-10/h5,9,12H,3-4,6-7H2,1-2H3,(H,13,14,16). The van der Waals surface area contributed by atoms with Gasteiger partial charge in [0.25, 0.3) is 5.56 Å². The number of hydrogen-bond acceptors (Lipinski definition) is 4. The van der Waals surface area contributed by atoms with E-state index in [1.54, 1.807) is 6.07 Å². The summed E-state index contributed by atoms with van der Waals surface area (Å²) in [5, 5.41) is 3.24. The molecule has 88 valence electrons. The molecule has 2 heterocycles. The number of rotatable bonds is 4. The second kappa shape index (κ2) is 4.65. The Hall–Kier alpha value is -1.36. The van der Waals surface area contributed by atoms with E-state index in [9.17, 15) is 4.79 Å². The smallest absolute Gasteiger partial charge is 0.252 e. The van der Waals surface area contributed by atoms with Crippen LogP contribution in [0.15, 0.2) is 10.9 Å². The van der Waals surface area contributed by atoms with Crippen LogP contribution in [0.5, 0.6) is 0 Å². The van der Waals surface area contributed by atoms with Crippen LogP contribution in [0.2, 0.25) is 0 Å². The van der Waals surface area contributed by atoms with Gasteiger partial charge in [0.15, 0.2) is 0 Å². The largest absolute Gasteiger partial charge is 0.351 e. The summed E-state index contributed by atoms with van der Waals surface area (Å²) in [5.74, 6) is 1.48. The molecule has 0 saturated carbocycles. The van der Waals surface area contributed by atoms with E-state index in [0.717, 1.165) is 31.9 Å². The Balaban J connectivity index is 2.26. The Kier molecular flexibility index (Phi) is 3.24. The number of nitrogens with one attached hydrogen (secondary N) is 2. The van der Waals surface area contributed by atoms with Crippen molar-refractivity contribution in [3.05, 3.63) is 22.2 Å². The van der Waals surface area contributed by atoms with Crippen LogP contribution >= 0.6 is 0 Å². The Labute approximate surface area is 94.9 Å². The summed E-state index contributed by atoms with van der Waals surface area (Å²) in [5.41, 5.74) is -0.0733. The molecular formula is C11H18N4O. The van der Waals surface area contributed by atoms with E-state index in [1.807, 2.05) is 6.92 Å². The Morgan fingerprint density at radius 1 is 1.56 bits per heavy atom. The molecule has 0 aliphatic carbocycles. The molecule has 1 fully saturated rings. The minimum atomic E-state index is -0.0733. The normalized spacial score (nSPS) is 15.9. The third-order valence-electron chi connectivity index (χ3n) is 2.81. The lowest BCUT2D eigenvalue weighted by molar-refractivity contribution is 0.410. The molecule has 2 N–H and O–H groups in total. The molecule has 0 bridgehead atoms. The molecule has 0 radical (unpaired) electrons. The Bertz CT molecular complexity index is 411. The molecule has 1 aliphatic heterocycles. The van der Waals surface area contributed by atoms with Gasteiger partial charge in [-0.1, -0.05) is 6.92 Å². The van der Waals surface area contributed by atoms with Crippen molar-refractivity contribution in [3.8, 4) is 0 Å². The first-order valence-electron chi connectivity index (χ1n) is 5.76. The molecule has 0 unspecified atom stereocenters. The molecule has 5 nitrogen and oxygen atoms in total.